The van der Waals surface area contributed by atoms with E-state index >= 15 is 0 Å². The molecule has 0 saturated carbocycles. The Morgan fingerprint density at radius 1 is 1.18 bits per heavy atom. The quantitative estimate of drug-likeness (QED) is 0.917. The predicted molar refractivity (Wildman–Crippen MR) is 78.0 cm³/mol. The monoisotopic (exact) mass is 314 g/mol. The van der Waals surface area contributed by atoms with Crippen LogP contribution in [0.15, 0.2) is 24.3 Å². The Hall–Kier alpha value is -1.56. The van der Waals surface area contributed by atoms with E-state index < -0.39 is 17.8 Å². The van der Waals surface area contributed by atoms with E-state index in [1.165, 1.54) is 6.07 Å². The largest absolute Gasteiger partial charge is 0.409 e. The highest BCUT2D eigenvalue weighted by molar-refractivity contribution is 5.79. The van der Waals surface area contributed by atoms with Crippen molar-refractivity contribution < 1.29 is 18.0 Å². The van der Waals surface area contributed by atoms with Gasteiger partial charge in [0.1, 0.15) is 0 Å². The highest BCUT2D eigenvalue weighted by Crippen LogP contribution is 2.44. The van der Waals surface area contributed by atoms with Crippen LogP contribution in [0.2, 0.25) is 0 Å². The molecule has 1 saturated heterocycles. The molecule has 1 amide bonds. The van der Waals surface area contributed by atoms with Gasteiger partial charge >= 0.3 is 6.18 Å². The maximum Gasteiger partial charge on any atom is 0.409 e. The van der Waals surface area contributed by atoms with Crippen LogP contribution >= 0.6 is 0 Å². The molecule has 0 unspecified atom stereocenters. The van der Waals surface area contributed by atoms with E-state index in [0.717, 1.165) is 5.01 Å². The fraction of sp³-hybridized carbons (Fsp3) is 0.562. The van der Waals surface area contributed by atoms with Crippen molar-refractivity contribution in [2.45, 2.75) is 57.8 Å². The molecule has 0 bridgehead atoms. The van der Waals surface area contributed by atoms with E-state index in [0.29, 0.717) is 5.56 Å². The number of carbonyl (C=O) groups is 1. The van der Waals surface area contributed by atoms with Gasteiger partial charge in [-0.2, -0.15) is 18.2 Å². The number of rotatable bonds is 3. The summed E-state index contributed by atoms with van der Waals surface area (Å²) in [5, 5.41) is 1.05. The minimum Gasteiger partial charge on any atom is -0.287 e. The molecule has 1 aliphatic rings. The number of carbonyl (C=O) groups excluding carboxylic acids is 1. The summed E-state index contributed by atoms with van der Waals surface area (Å²) in [6, 6.07) is 4.69. The zero-order valence-corrected chi connectivity index (χ0v) is 13.2. The fourth-order valence-electron chi connectivity index (χ4n) is 2.96. The number of hydrogen-bond donors (Lipinski definition) is 1. The lowest BCUT2D eigenvalue weighted by Gasteiger charge is -2.39. The Bertz CT molecular complexity index is 567. The van der Waals surface area contributed by atoms with E-state index in [1.54, 1.807) is 32.0 Å². The number of benzene rings is 1. The Labute approximate surface area is 128 Å². The van der Waals surface area contributed by atoms with Gasteiger partial charge in [-0.3, -0.25) is 10.2 Å². The van der Waals surface area contributed by atoms with E-state index in [1.807, 2.05) is 13.8 Å². The molecule has 1 heterocycles. The topological polar surface area (TPSA) is 32.3 Å². The van der Waals surface area contributed by atoms with Crippen LogP contribution < -0.4 is 5.43 Å². The van der Waals surface area contributed by atoms with Crippen LogP contribution in [0, 0.1) is 0 Å². The third-order valence-corrected chi connectivity index (χ3v) is 3.97. The van der Waals surface area contributed by atoms with Crippen LogP contribution in [0.25, 0.3) is 0 Å². The zero-order chi connectivity index (χ0) is 16.7. The third-order valence-electron chi connectivity index (χ3n) is 3.97. The van der Waals surface area contributed by atoms with Crippen LogP contribution in [0.1, 0.15) is 57.2 Å². The lowest BCUT2D eigenvalue weighted by atomic mass is 9.90. The average molecular weight is 314 g/mol. The molecule has 2 rings (SSSR count). The maximum absolute atomic E-state index is 13.8. The van der Waals surface area contributed by atoms with Crippen molar-refractivity contribution >= 4 is 5.91 Å². The summed E-state index contributed by atoms with van der Waals surface area (Å²) in [6.07, 6.45) is -4.44. The van der Waals surface area contributed by atoms with E-state index in [9.17, 15) is 18.0 Å². The smallest absolute Gasteiger partial charge is 0.287 e. The van der Waals surface area contributed by atoms with Gasteiger partial charge in [0.05, 0.1) is 0 Å². The summed E-state index contributed by atoms with van der Waals surface area (Å²) in [5.74, 6) is -0.427. The minimum atomic E-state index is -4.49. The lowest BCUT2D eigenvalue weighted by Crippen LogP contribution is -2.51. The molecule has 1 aromatic rings. The first-order valence-electron chi connectivity index (χ1n) is 7.28. The molecular weight excluding hydrogens is 293 g/mol. The summed E-state index contributed by atoms with van der Waals surface area (Å²) in [4.78, 5) is 11.6. The van der Waals surface area contributed by atoms with Crippen LogP contribution in [-0.2, 0) is 4.79 Å². The lowest BCUT2D eigenvalue weighted by molar-refractivity contribution is -0.204. The first-order valence-corrected chi connectivity index (χ1v) is 7.28. The van der Waals surface area contributed by atoms with Crippen molar-refractivity contribution in [3.05, 3.63) is 35.4 Å². The Morgan fingerprint density at radius 3 is 2.14 bits per heavy atom. The number of halogens is 3. The Morgan fingerprint density at radius 2 is 1.73 bits per heavy atom. The molecule has 6 heteroatoms. The van der Waals surface area contributed by atoms with Crippen LogP contribution in [0.5, 0.6) is 0 Å². The predicted octanol–water partition coefficient (Wildman–Crippen LogP) is 3.93. The highest BCUT2D eigenvalue weighted by atomic mass is 19.4. The van der Waals surface area contributed by atoms with Crippen molar-refractivity contribution in [3.63, 3.8) is 0 Å². The molecule has 1 N–H and O–H groups in total. The highest BCUT2D eigenvalue weighted by Gasteiger charge is 2.53. The fourth-order valence-corrected chi connectivity index (χ4v) is 2.96. The normalized spacial score (nSPS) is 20.3. The SMILES string of the molecule is CC(C)c1ccccc1[C@H](N1NC(=O)CC1(C)C)C(F)(F)F. The molecule has 0 aromatic heterocycles. The van der Waals surface area contributed by atoms with Gasteiger partial charge in [-0.15, -0.1) is 0 Å². The first-order chi connectivity index (χ1) is 10.0. The van der Waals surface area contributed by atoms with Gasteiger partial charge in [0.15, 0.2) is 6.04 Å². The number of hydrazine groups is 1. The molecule has 1 fully saturated rings. The van der Waals surface area contributed by atoms with Crippen molar-refractivity contribution in [1.29, 1.82) is 0 Å². The molecule has 1 atom stereocenters. The Balaban J connectivity index is 2.56. The number of hydrogen-bond acceptors (Lipinski definition) is 2. The molecule has 1 aromatic carbocycles. The van der Waals surface area contributed by atoms with Crippen molar-refractivity contribution in [2.75, 3.05) is 0 Å². The van der Waals surface area contributed by atoms with Crippen LogP contribution in [0.4, 0.5) is 13.2 Å². The number of alkyl halides is 3. The zero-order valence-electron chi connectivity index (χ0n) is 13.2. The van der Waals surface area contributed by atoms with Crippen molar-refractivity contribution in [3.8, 4) is 0 Å². The van der Waals surface area contributed by atoms with Gasteiger partial charge in [0, 0.05) is 12.0 Å². The van der Waals surface area contributed by atoms with Crippen LogP contribution in [-0.4, -0.2) is 22.6 Å². The Kier molecular flexibility index (Phi) is 4.26. The molecular formula is C16H21F3N2O. The summed E-state index contributed by atoms with van der Waals surface area (Å²) in [7, 11) is 0. The molecule has 122 valence electrons. The minimum absolute atomic E-state index is 0.0394. The summed E-state index contributed by atoms with van der Waals surface area (Å²) in [6.45, 7) is 7.00. The second-order valence-electron chi connectivity index (χ2n) is 6.62. The molecule has 0 spiro atoms. The second kappa shape index (κ2) is 5.57. The third kappa shape index (κ3) is 3.11. The number of amides is 1. The van der Waals surface area contributed by atoms with Gasteiger partial charge in [-0.25, -0.2) is 0 Å². The summed E-state index contributed by atoms with van der Waals surface area (Å²) >= 11 is 0. The van der Waals surface area contributed by atoms with E-state index in [-0.39, 0.29) is 23.8 Å². The molecule has 3 nitrogen and oxygen atoms in total. The van der Waals surface area contributed by atoms with Gasteiger partial charge in [-0.05, 0) is 30.9 Å². The first kappa shape index (κ1) is 16.8. The standard InChI is InChI=1S/C16H21F3N2O/c1-10(2)11-7-5-6-8-12(11)14(16(17,18)19)21-15(3,4)9-13(22)20-21/h5-8,10,14H,9H2,1-4H3,(H,20,22)/t14-/m0/s1. The molecule has 0 radical (unpaired) electrons. The van der Waals surface area contributed by atoms with Gasteiger partial charge in [-0.1, -0.05) is 38.1 Å². The van der Waals surface area contributed by atoms with E-state index in [4.69, 9.17) is 0 Å². The molecule has 0 aliphatic carbocycles. The van der Waals surface area contributed by atoms with Gasteiger partial charge in [0.25, 0.3) is 0 Å². The number of nitrogens with zero attached hydrogens (tertiary/aromatic N) is 1. The van der Waals surface area contributed by atoms with Gasteiger partial charge in [0.2, 0.25) is 5.91 Å². The van der Waals surface area contributed by atoms with E-state index in [2.05, 4.69) is 5.43 Å². The van der Waals surface area contributed by atoms with Crippen molar-refractivity contribution in [2.24, 2.45) is 0 Å². The molecule has 22 heavy (non-hydrogen) atoms. The molecule has 1 aliphatic heterocycles. The summed E-state index contributed by atoms with van der Waals surface area (Å²) < 4.78 is 41.3. The van der Waals surface area contributed by atoms with Crippen LogP contribution in [0.3, 0.4) is 0 Å². The summed E-state index contributed by atoms with van der Waals surface area (Å²) in [5.41, 5.74) is 2.32. The number of nitrogens with one attached hydrogen (secondary N) is 1. The maximum atomic E-state index is 13.8. The average Bonchev–Trinajstić information content (AvgIpc) is 2.61. The second-order valence-corrected chi connectivity index (χ2v) is 6.62. The van der Waals surface area contributed by atoms with Gasteiger partial charge < -0.3 is 0 Å². The van der Waals surface area contributed by atoms with Crippen molar-refractivity contribution in [1.82, 2.24) is 10.4 Å².